The molecule has 0 saturated heterocycles. The van der Waals surface area contributed by atoms with E-state index in [4.69, 9.17) is 0 Å². The first kappa shape index (κ1) is 39.6. The van der Waals surface area contributed by atoms with Gasteiger partial charge in [-0.15, -0.1) is 0 Å². The van der Waals surface area contributed by atoms with Gasteiger partial charge < -0.3 is 15.1 Å². The van der Waals surface area contributed by atoms with Crippen molar-refractivity contribution >= 4 is 62.9 Å². The summed E-state index contributed by atoms with van der Waals surface area (Å²) in [4.78, 5) is 5.19. The van der Waals surface area contributed by atoms with Crippen LogP contribution in [0.5, 0.6) is 0 Å². The Balaban J connectivity index is 1.03. The average molecular weight is 854 g/mol. The fraction of sp³-hybridized carbons (Fsp3) is 0.226. The summed E-state index contributed by atoms with van der Waals surface area (Å²) in [7, 11) is 0. The topological polar surface area (TPSA) is 18.5 Å². The van der Waals surface area contributed by atoms with Gasteiger partial charge in [-0.1, -0.05) is 154 Å². The Morgan fingerprint density at radius 3 is 1.62 bits per heavy atom. The molecule has 0 spiro atoms. The summed E-state index contributed by atoms with van der Waals surface area (Å²) in [5.41, 5.74) is 21.1. The summed E-state index contributed by atoms with van der Waals surface area (Å²) in [5, 5.41) is 4.18. The van der Waals surface area contributed by atoms with E-state index in [-0.39, 0.29) is 12.1 Å². The van der Waals surface area contributed by atoms with E-state index in [1.165, 1.54) is 122 Å². The van der Waals surface area contributed by atoms with Crippen molar-refractivity contribution in [3.63, 3.8) is 0 Å². The number of hydrogen-bond donors (Lipinski definition) is 1. The Morgan fingerprint density at radius 2 is 0.970 bits per heavy atom. The molecule has 3 aliphatic carbocycles. The Labute approximate surface area is 391 Å². The van der Waals surface area contributed by atoms with E-state index < -0.39 is 0 Å². The number of nitrogens with one attached hydrogen (secondary N) is 1. The first-order valence-corrected chi connectivity index (χ1v) is 24.5. The number of hydrogen-bond acceptors (Lipinski definition) is 3. The van der Waals surface area contributed by atoms with Gasteiger partial charge in [0.15, 0.2) is 0 Å². The van der Waals surface area contributed by atoms with Crippen molar-refractivity contribution in [3.8, 4) is 33.4 Å². The Bertz CT molecular complexity index is 3120. The molecule has 3 saturated carbocycles. The van der Waals surface area contributed by atoms with Crippen molar-refractivity contribution < 1.29 is 0 Å². The van der Waals surface area contributed by atoms with Crippen molar-refractivity contribution in [2.75, 3.05) is 15.1 Å². The Kier molecular flexibility index (Phi) is 9.24. The van der Waals surface area contributed by atoms with Crippen LogP contribution in [0.1, 0.15) is 58.4 Å². The molecule has 2 bridgehead atoms. The summed E-state index contributed by atoms with van der Waals surface area (Å²) in [6, 6.07) is 71.2. The third kappa shape index (κ3) is 6.79. The van der Waals surface area contributed by atoms with E-state index in [9.17, 15) is 0 Å². The lowest BCUT2D eigenvalue weighted by Gasteiger charge is -2.45. The van der Waals surface area contributed by atoms with Gasteiger partial charge in [-0.3, -0.25) is 0 Å². The number of fused-ring (bicyclic) bond motifs is 8. The van der Waals surface area contributed by atoms with Crippen LogP contribution in [0.4, 0.5) is 39.8 Å². The van der Waals surface area contributed by atoms with Crippen molar-refractivity contribution in [2.24, 2.45) is 23.7 Å². The van der Waals surface area contributed by atoms with Crippen molar-refractivity contribution in [2.45, 2.75) is 64.3 Å². The molecule has 5 aliphatic rings. The predicted octanol–water partition coefficient (Wildman–Crippen LogP) is 14.3. The van der Waals surface area contributed by atoms with Gasteiger partial charge in [0.25, 0.3) is 6.71 Å². The zero-order valence-electron chi connectivity index (χ0n) is 38.3. The highest BCUT2D eigenvalue weighted by atomic mass is 15.2. The number of benzene rings is 8. The summed E-state index contributed by atoms with van der Waals surface area (Å²) >= 11 is 0. The van der Waals surface area contributed by atoms with Gasteiger partial charge in [0, 0.05) is 45.9 Å². The maximum absolute atomic E-state index is 4.18. The fourth-order valence-corrected chi connectivity index (χ4v) is 12.7. The minimum atomic E-state index is -0.114. The van der Waals surface area contributed by atoms with Gasteiger partial charge in [0.2, 0.25) is 0 Å². The van der Waals surface area contributed by atoms with Crippen LogP contribution >= 0.6 is 0 Å². The molecule has 66 heavy (non-hydrogen) atoms. The molecule has 8 aromatic carbocycles. The lowest BCUT2D eigenvalue weighted by Crippen LogP contribution is -2.61. The SMILES string of the molecule is CC(C)(C)c1cc2c3c(c1)N(c1cccc(-c4ccccc4)c1)c1cc(-c4ccccc4)ccc1B3c1ccc(NC3CC4CC(C3)C3CC3C4)cc1N2c1ccc(-c2ccccc2)cc1. The normalized spacial score (nSPS) is 21.0. The Hall–Kier alpha value is -6.78. The molecule has 1 N–H and O–H groups in total. The molecular formula is C62H56BN3. The summed E-state index contributed by atoms with van der Waals surface area (Å²) in [6.45, 7) is 7.13. The van der Waals surface area contributed by atoms with Crippen molar-refractivity contribution in [1.82, 2.24) is 0 Å². The number of anilines is 7. The minimum Gasteiger partial charge on any atom is -0.382 e. The van der Waals surface area contributed by atoms with Gasteiger partial charge in [0.1, 0.15) is 0 Å². The molecule has 0 amide bonds. The van der Waals surface area contributed by atoms with E-state index in [2.05, 4.69) is 224 Å². The van der Waals surface area contributed by atoms with Gasteiger partial charge >= 0.3 is 0 Å². The lowest BCUT2D eigenvalue weighted by molar-refractivity contribution is 0.166. The molecule has 2 heterocycles. The van der Waals surface area contributed by atoms with E-state index in [1.54, 1.807) is 0 Å². The average Bonchev–Trinajstić information content (AvgIpc) is 4.14. The molecule has 13 rings (SSSR count). The van der Waals surface area contributed by atoms with Crippen LogP contribution < -0.4 is 31.5 Å². The summed E-state index contributed by atoms with van der Waals surface area (Å²) < 4.78 is 0. The second kappa shape index (κ2) is 15.4. The monoisotopic (exact) mass is 853 g/mol. The van der Waals surface area contributed by atoms with E-state index in [1.807, 2.05) is 0 Å². The smallest absolute Gasteiger partial charge is 0.252 e. The van der Waals surface area contributed by atoms with Crippen LogP contribution in [0.3, 0.4) is 0 Å². The molecule has 3 fully saturated rings. The molecule has 0 radical (unpaired) electrons. The highest BCUT2D eigenvalue weighted by Crippen LogP contribution is 2.59. The molecule has 5 atom stereocenters. The lowest BCUT2D eigenvalue weighted by atomic mass is 9.33. The highest BCUT2D eigenvalue weighted by molar-refractivity contribution is 7.00. The second-order valence-electron chi connectivity index (χ2n) is 21.1. The third-order valence-electron chi connectivity index (χ3n) is 15.9. The summed E-state index contributed by atoms with van der Waals surface area (Å²) in [5.74, 6) is 3.78. The zero-order valence-corrected chi connectivity index (χ0v) is 38.3. The van der Waals surface area contributed by atoms with Crippen LogP contribution in [0.25, 0.3) is 33.4 Å². The minimum absolute atomic E-state index is 0.0297. The standard InChI is InChI=1S/C62H56BN3/c1-62(2,3)49-37-59-61-60(38-49)66(53-21-13-20-45(34-53)42-16-9-5-10-17-42)57-36-46(43-18-11-6-12-19-43)24-28-55(57)63(61)56-29-25-50(64-51-32-40-30-47(33-51)54-35-48(54)31-40)39-58(56)65(59)52-26-22-44(23-27-52)41-14-7-4-8-15-41/h4-29,34,36-40,47-48,51,54,64H,30-33,35H2,1-3H3. The quantitative estimate of drug-likeness (QED) is 0.161. The van der Waals surface area contributed by atoms with Crippen LogP contribution in [0, 0.1) is 23.7 Å². The molecule has 8 aromatic rings. The molecule has 4 heteroatoms. The predicted molar refractivity (Wildman–Crippen MR) is 280 cm³/mol. The molecule has 322 valence electrons. The van der Waals surface area contributed by atoms with E-state index >= 15 is 0 Å². The van der Waals surface area contributed by atoms with E-state index in [0.717, 1.165) is 29.4 Å². The summed E-state index contributed by atoms with van der Waals surface area (Å²) in [6.07, 6.45) is 6.98. The Morgan fingerprint density at radius 1 is 0.439 bits per heavy atom. The first-order chi connectivity index (χ1) is 32.3. The molecule has 0 aromatic heterocycles. The largest absolute Gasteiger partial charge is 0.382 e. The van der Waals surface area contributed by atoms with Crippen LogP contribution in [0.15, 0.2) is 188 Å². The molecule has 5 unspecified atom stereocenters. The van der Waals surface area contributed by atoms with Crippen molar-refractivity contribution in [3.05, 3.63) is 194 Å². The third-order valence-corrected chi connectivity index (χ3v) is 15.9. The van der Waals surface area contributed by atoms with E-state index in [0.29, 0.717) is 6.04 Å². The molecule has 3 nitrogen and oxygen atoms in total. The van der Waals surface area contributed by atoms with Gasteiger partial charge in [0.05, 0.1) is 0 Å². The van der Waals surface area contributed by atoms with Crippen LogP contribution in [0.2, 0.25) is 0 Å². The molecule has 2 aliphatic heterocycles. The molecular weight excluding hydrogens is 798 g/mol. The maximum Gasteiger partial charge on any atom is 0.252 e. The van der Waals surface area contributed by atoms with Gasteiger partial charge in [-0.05, 0) is 171 Å². The highest BCUT2D eigenvalue weighted by Gasteiger charge is 2.51. The second-order valence-corrected chi connectivity index (χ2v) is 21.1. The van der Waals surface area contributed by atoms with Gasteiger partial charge in [-0.2, -0.15) is 0 Å². The van der Waals surface area contributed by atoms with Crippen molar-refractivity contribution in [1.29, 1.82) is 0 Å². The maximum atomic E-state index is 4.18. The zero-order chi connectivity index (χ0) is 44.1. The van der Waals surface area contributed by atoms with Gasteiger partial charge in [-0.25, -0.2) is 0 Å². The first-order valence-electron chi connectivity index (χ1n) is 24.5. The van der Waals surface area contributed by atoms with Crippen LogP contribution in [-0.4, -0.2) is 12.8 Å². The van der Waals surface area contributed by atoms with Crippen LogP contribution in [-0.2, 0) is 5.41 Å². The number of rotatable bonds is 7. The number of nitrogens with zero attached hydrogens (tertiary/aromatic N) is 2. The fourth-order valence-electron chi connectivity index (χ4n) is 12.7.